The zero-order valence-electron chi connectivity index (χ0n) is 16.3. The summed E-state index contributed by atoms with van der Waals surface area (Å²) in [6.45, 7) is 5.47. The number of hydrogen-bond donors (Lipinski definition) is 3. The molecule has 1 aliphatic rings. The van der Waals surface area contributed by atoms with Crippen molar-refractivity contribution < 1.29 is 19.1 Å². The van der Waals surface area contributed by atoms with Gasteiger partial charge in [0.05, 0.1) is 16.4 Å². The maximum atomic E-state index is 12.9. The van der Waals surface area contributed by atoms with Crippen LogP contribution < -0.4 is 20.7 Å². The maximum absolute atomic E-state index is 12.9. The smallest absolute Gasteiger partial charge is 0.262 e. The molecular weight excluding hydrogens is 394 g/mol. The fraction of sp³-hybridized carbons (Fsp3) is 0.286. The summed E-state index contributed by atoms with van der Waals surface area (Å²) in [5.74, 6) is -0.748. The molecule has 8 heteroatoms. The van der Waals surface area contributed by atoms with E-state index in [1.54, 1.807) is 24.3 Å². The highest BCUT2D eigenvalue weighted by molar-refractivity contribution is 6.34. The Morgan fingerprint density at radius 1 is 1.21 bits per heavy atom. The number of anilines is 2. The molecule has 3 rings (SSSR count). The molecule has 1 unspecified atom stereocenters. The van der Waals surface area contributed by atoms with Crippen LogP contribution in [-0.2, 0) is 9.59 Å². The topological polar surface area (TPSA) is 96.5 Å². The number of halogens is 1. The number of rotatable bonds is 5. The maximum Gasteiger partial charge on any atom is 0.262 e. The molecule has 0 saturated carbocycles. The Labute approximate surface area is 173 Å². The predicted molar refractivity (Wildman–Crippen MR) is 111 cm³/mol. The van der Waals surface area contributed by atoms with Crippen LogP contribution in [0, 0.1) is 12.8 Å². The quantitative estimate of drug-likeness (QED) is 0.697. The highest BCUT2D eigenvalue weighted by atomic mass is 35.5. The second-order valence-corrected chi connectivity index (χ2v) is 7.63. The van der Waals surface area contributed by atoms with Gasteiger partial charge in [-0.05, 0) is 31.0 Å². The van der Waals surface area contributed by atoms with Crippen molar-refractivity contribution in [2.24, 2.45) is 5.92 Å². The normalized spacial score (nSPS) is 13.8. The first-order valence-corrected chi connectivity index (χ1v) is 9.57. The molecular formula is C21H22ClN3O4. The number of fused-ring (bicyclic) bond motifs is 1. The summed E-state index contributed by atoms with van der Waals surface area (Å²) in [4.78, 5) is 36.9. The lowest BCUT2D eigenvalue weighted by Gasteiger charge is -2.23. The van der Waals surface area contributed by atoms with Gasteiger partial charge in [0.1, 0.15) is 11.8 Å². The molecule has 0 aliphatic carbocycles. The Morgan fingerprint density at radius 2 is 1.97 bits per heavy atom. The number of carbonyl (C=O) groups excluding carboxylic acids is 3. The zero-order valence-corrected chi connectivity index (χ0v) is 17.1. The third-order valence-corrected chi connectivity index (χ3v) is 4.79. The number of nitrogens with one attached hydrogen (secondary N) is 3. The van der Waals surface area contributed by atoms with Crippen LogP contribution >= 0.6 is 11.6 Å². The van der Waals surface area contributed by atoms with Gasteiger partial charge in [-0.3, -0.25) is 14.4 Å². The van der Waals surface area contributed by atoms with E-state index < -0.39 is 11.9 Å². The van der Waals surface area contributed by atoms with E-state index in [2.05, 4.69) is 16.0 Å². The first kappa shape index (κ1) is 20.7. The predicted octanol–water partition coefficient (Wildman–Crippen LogP) is 3.37. The third-order valence-electron chi connectivity index (χ3n) is 4.48. The molecule has 0 aromatic heterocycles. The summed E-state index contributed by atoms with van der Waals surface area (Å²) in [5, 5.41) is 8.43. The van der Waals surface area contributed by atoms with Crippen LogP contribution in [0.1, 0.15) is 29.8 Å². The van der Waals surface area contributed by atoms with Gasteiger partial charge in [0.2, 0.25) is 5.91 Å². The van der Waals surface area contributed by atoms with Gasteiger partial charge in [0.25, 0.3) is 11.8 Å². The first-order chi connectivity index (χ1) is 13.7. The zero-order chi connectivity index (χ0) is 21.1. The Balaban J connectivity index is 1.76. The lowest BCUT2D eigenvalue weighted by atomic mass is 10.0. The summed E-state index contributed by atoms with van der Waals surface area (Å²) < 4.78 is 5.36. The van der Waals surface area contributed by atoms with Crippen LogP contribution in [0.15, 0.2) is 36.4 Å². The van der Waals surface area contributed by atoms with Crippen molar-refractivity contribution >= 4 is 40.7 Å². The van der Waals surface area contributed by atoms with Crippen molar-refractivity contribution in [1.29, 1.82) is 0 Å². The second kappa shape index (κ2) is 8.53. The van der Waals surface area contributed by atoms with Gasteiger partial charge in [0.15, 0.2) is 6.61 Å². The van der Waals surface area contributed by atoms with Crippen molar-refractivity contribution in [2.45, 2.75) is 26.8 Å². The van der Waals surface area contributed by atoms with Gasteiger partial charge in [0, 0.05) is 11.6 Å². The number of benzene rings is 2. The molecule has 2 aromatic rings. The number of aryl methyl sites for hydroxylation is 1. The molecule has 3 N–H and O–H groups in total. The molecule has 7 nitrogen and oxygen atoms in total. The van der Waals surface area contributed by atoms with Crippen LogP contribution in [0.2, 0.25) is 5.02 Å². The van der Waals surface area contributed by atoms with E-state index in [4.69, 9.17) is 16.3 Å². The van der Waals surface area contributed by atoms with E-state index in [1.165, 1.54) is 6.07 Å². The summed E-state index contributed by atoms with van der Waals surface area (Å²) in [6, 6.07) is 9.44. The molecule has 152 valence electrons. The summed E-state index contributed by atoms with van der Waals surface area (Å²) in [7, 11) is 0. The van der Waals surface area contributed by atoms with E-state index >= 15 is 0 Å². The number of ether oxygens (including phenoxy) is 1. The van der Waals surface area contributed by atoms with Gasteiger partial charge in [-0.25, -0.2) is 0 Å². The Kier molecular flexibility index (Phi) is 6.08. The molecule has 29 heavy (non-hydrogen) atoms. The fourth-order valence-corrected chi connectivity index (χ4v) is 3.16. The van der Waals surface area contributed by atoms with Crippen LogP contribution in [0.5, 0.6) is 5.75 Å². The lowest BCUT2D eigenvalue weighted by Crippen LogP contribution is -2.47. The molecule has 0 bridgehead atoms. The molecule has 0 radical (unpaired) electrons. The van der Waals surface area contributed by atoms with E-state index in [0.29, 0.717) is 22.7 Å². The van der Waals surface area contributed by atoms with Crippen LogP contribution in [0.3, 0.4) is 0 Å². The number of hydrogen-bond acceptors (Lipinski definition) is 4. The average Bonchev–Trinajstić information content (AvgIpc) is 2.66. The monoisotopic (exact) mass is 415 g/mol. The standard InChI is InChI=1S/C21H22ClN3O4/c1-11(2)19(25-20(27)13-6-4-5-12(3)7-13)21(28)24-15-9-17-16(8-14(15)22)23-18(26)10-29-17/h4-9,11,19H,10H2,1-3H3,(H,23,26)(H,24,28)(H,25,27). The molecule has 1 heterocycles. The van der Waals surface area contributed by atoms with Gasteiger partial charge in [-0.15, -0.1) is 0 Å². The van der Waals surface area contributed by atoms with E-state index in [9.17, 15) is 14.4 Å². The lowest BCUT2D eigenvalue weighted by molar-refractivity contribution is -0.119. The Hall–Kier alpha value is -3.06. The summed E-state index contributed by atoms with van der Waals surface area (Å²) in [5.41, 5.74) is 2.22. The van der Waals surface area contributed by atoms with Gasteiger partial charge < -0.3 is 20.7 Å². The molecule has 3 amide bonds. The van der Waals surface area contributed by atoms with E-state index in [-0.39, 0.29) is 29.4 Å². The van der Waals surface area contributed by atoms with Crippen molar-refractivity contribution in [1.82, 2.24) is 5.32 Å². The van der Waals surface area contributed by atoms with Crippen molar-refractivity contribution in [3.05, 3.63) is 52.5 Å². The van der Waals surface area contributed by atoms with Crippen molar-refractivity contribution in [2.75, 3.05) is 17.2 Å². The Bertz CT molecular complexity index is 974. The molecule has 2 aromatic carbocycles. The third kappa shape index (κ3) is 4.86. The highest BCUT2D eigenvalue weighted by Gasteiger charge is 2.26. The van der Waals surface area contributed by atoms with Crippen molar-refractivity contribution in [3.63, 3.8) is 0 Å². The van der Waals surface area contributed by atoms with E-state index in [1.807, 2.05) is 26.8 Å². The summed E-state index contributed by atoms with van der Waals surface area (Å²) >= 11 is 6.25. The van der Waals surface area contributed by atoms with Crippen LogP contribution in [-0.4, -0.2) is 30.4 Å². The van der Waals surface area contributed by atoms with Crippen molar-refractivity contribution in [3.8, 4) is 5.75 Å². The molecule has 0 saturated heterocycles. The van der Waals surface area contributed by atoms with Gasteiger partial charge >= 0.3 is 0 Å². The highest BCUT2D eigenvalue weighted by Crippen LogP contribution is 2.36. The second-order valence-electron chi connectivity index (χ2n) is 7.22. The minimum Gasteiger partial charge on any atom is -0.482 e. The fourth-order valence-electron chi connectivity index (χ4n) is 2.95. The summed E-state index contributed by atoms with van der Waals surface area (Å²) in [6.07, 6.45) is 0. The molecule has 0 fully saturated rings. The van der Waals surface area contributed by atoms with Crippen LogP contribution in [0.25, 0.3) is 0 Å². The van der Waals surface area contributed by atoms with Crippen LogP contribution in [0.4, 0.5) is 11.4 Å². The SMILES string of the molecule is Cc1cccc(C(=O)NC(C(=O)Nc2cc3c(cc2Cl)NC(=O)CO3)C(C)C)c1. The van der Waals surface area contributed by atoms with Gasteiger partial charge in [-0.1, -0.05) is 43.1 Å². The largest absolute Gasteiger partial charge is 0.482 e. The van der Waals surface area contributed by atoms with E-state index in [0.717, 1.165) is 5.56 Å². The molecule has 1 atom stereocenters. The molecule has 0 spiro atoms. The number of amides is 3. The minimum atomic E-state index is -0.768. The molecule has 1 aliphatic heterocycles. The average molecular weight is 416 g/mol. The first-order valence-electron chi connectivity index (χ1n) is 9.19. The number of carbonyl (C=O) groups is 3. The minimum absolute atomic E-state index is 0.108. The Morgan fingerprint density at radius 3 is 2.66 bits per heavy atom. The van der Waals surface area contributed by atoms with Gasteiger partial charge in [-0.2, -0.15) is 0 Å².